The number of rotatable bonds is 6. The molecular formula is C16H19N3O4S2. The molecule has 134 valence electrons. The summed E-state index contributed by atoms with van der Waals surface area (Å²) in [5, 5.41) is 12.7. The van der Waals surface area contributed by atoms with E-state index in [9.17, 15) is 18.3 Å². The Labute approximate surface area is 150 Å². The van der Waals surface area contributed by atoms with E-state index in [4.69, 9.17) is 0 Å². The molecule has 0 spiro atoms. The molecule has 0 aliphatic carbocycles. The highest BCUT2D eigenvalue weighted by Crippen LogP contribution is 2.35. The number of hydrogen-bond acceptors (Lipinski definition) is 6. The van der Waals surface area contributed by atoms with Gasteiger partial charge in [0.1, 0.15) is 4.21 Å². The van der Waals surface area contributed by atoms with Crippen LogP contribution in [0.25, 0.3) is 0 Å². The molecule has 25 heavy (non-hydrogen) atoms. The van der Waals surface area contributed by atoms with Crippen molar-refractivity contribution in [1.82, 2.24) is 15.0 Å². The number of hydrogen-bond donors (Lipinski definition) is 3. The van der Waals surface area contributed by atoms with Gasteiger partial charge in [0.05, 0.1) is 17.3 Å². The third-order valence-corrected chi connectivity index (χ3v) is 7.33. The summed E-state index contributed by atoms with van der Waals surface area (Å²) in [4.78, 5) is 16.7. The molecule has 9 heteroatoms. The predicted octanol–water partition coefficient (Wildman–Crippen LogP) is 1.92. The van der Waals surface area contributed by atoms with Gasteiger partial charge in [-0.1, -0.05) is 13.0 Å². The zero-order valence-corrected chi connectivity index (χ0v) is 15.3. The van der Waals surface area contributed by atoms with Crippen LogP contribution in [-0.2, 0) is 23.0 Å². The molecular weight excluding hydrogens is 362 g/mol. The second kappa shape index (κ2) is 7.20. The quantitative estimate of drug-likeness (QED) is 0.705. The summed E-state index contributed by atoms with van der Waals surface area (Å²) in [6.45, 7) is 2.99. The third-order valence-electron chi connectivity index (χ3n) is 4.10. The summed E-state index contributed by atoms with van der Waals surface area (Å²) in [6, 6.07) is 4.79. The molecule has 0 bridgehead atoms. The van der Waals surface area contributed by atoms with E-state index in [2.05, 4.69) is 15.0 Å². The minimum absolute atomic E-state index is 0.0927. The second-order valence-corrected chi connectivity index (χ2v) is 8.75. The Kier molecular flexibility index (Phi) is 5.19. The van der Waals surface area contributed by atoms with E-state index < -0.39 is 22.0 Å². The van der Waals surface area contributed by atoms with Crippen molar-refractivity contribution in [2.24, 2.45) is 0 Å². The van der Waals surface area contributed by atoms with Crippen molar-refractivity contribution >= 4 is 27.3 Å². The largest absolute Gasteiger partial charge is 0.478 e. The van der Waals surface area contributed by atoms with Crippen LogP contribution in [0, 0.1) is 0 Å². The van der Waals surface area contributed by atoms with Crippen LogP contribution in [0.2, 0.25) is 0 Å². The normalized spacial score (nSPS) is 15.6. The second-order valence-electron chi connectivity index (χ2n) is 5.73. The molecule has 3 N–H and O–H groups in total. The predicted molar refractivity (Wildman–Crippen MR) is 94.3 cm³/mol. The van der Waals surface area contributed by atoms with Gasteiger partial charge < -0.3 is 10.4 Å². The number of aromatic nitrogens is 1. The number of thiophene rings is 1. The highest BCUT2D eigenvalue weighted by molar-refractivity contribution is 7.91. The monoisotopic (exact) mass is 381 g/mol. The lowest BCUT2D eigenvalue weighted by Gasteiger charge is -2.16. The van der Waals surface area contributed by atoms with Gasteiger partial charge >= 0.3 is 5.97 Å². The van der Waals surface area contributed by atoms with Crippen LogP contribution >= 0.6 is 11.3 Å². The maximum Gasteiger partial charge on any atom is 0.338 e. The van der Waals surface area contributed by atoms with Crippen LogP contribution in [0.1, 0.15) is 45.9 Å². The van der Waals surface area contributed by atoms with Crippen LogP contribution in [0.15, 0.2) is 28.6 Å². The van der Waals surface area contributed by atoms with Crippen molar-refractivity contribution in [3.8, 4) is 0 Å². The minimum atomic E-state index is -3.97. The first kappa shape index (κ1) is 18.0. The summed E-state index contributed by atoms with van der Waals surface area (Å²) >= 11 is 1.03. The molecule has 2 aromatic heterocycles. The molecule has 0 fully saturated rings. The van der Waals surface area contributed by atoms with Gasteiger partial charge in [-0.25, -0.2) is 17.9 Å². The number of carbonyl (C=O) groups is 1. The number of pyridine rings is 1. The average Bonchev–Trinajstić information content (AvgIpc) is 3.01. The first-order chi connectivity index (χ1) is 11.9. The standard InChI is InChI=1S/C16H19N3O4S2/c1-2-11(12-5-3-4-7-18-12)19-25(22,23)16-14(15(20)21)10-6-8-17-9-13(10)24-16/h3-5,7,11,17,19H,2,6,8-9H2,1H3,(H,20,21)/t11-/m0/s1. The molecule has 0 saturated carbocycles. The van der Waals surface area contributed by atoms with Gasteiger partial charge in [-0.3, -0.25) is 4.98 Å². The van der Waals surface area contributed by atoms with Crippen molar-refractivity contribution in [2.75, 3.05) is 6.54 Å². The number of nitrogens with one attached hydrogen (secondary N) is 2. The highest BCUT2D eigenvalue weighted by atomic mass is 32.2. The Morgan fingerprint density at radius 1 is 1.48 bits per heavy atom. The fourth-order valence-electron chi connectivity index (χ4n) is 2.89. The maximum atomic E-state index is 12.9. The number of carboxylic acid groups (broad SMARTS) is 1. The Morgan fingerprint density at radius 2 is 2.28 bits per heavy atom. The van der Waals surface area contributed by atoms with Crippen LogP contribution < -0.4 is 10.0 Å². The van der Waals surface area contributed by atoms with Crippen LogP contribution in [0.3, 0.4) is 0 Å². The lowest BCUT2D eigenvalue weighted by Crippen LogP contribution is -2.29. The van der Waals surface area contributed by atoms with Gasteiger partial charge in [-0.2, -0.15) is 0 Å². The number of aromatic carboxylic acids is 1. The van der Waals surface area contributed by atoms with Crippen molar-refractivity contribution in [3.63, 3.8) is 0 Å². The van der Waals surface area contributed by atoms with Crippen LogP contribution in [0.4, 0.5) is 0 Å². The van der Waals surface area contributed by atoms with E-state index in [1.54, 1.807) is 24.4 Å². The van der Waals surface area contributed by atoms with Gasteiger partial charge in [-0.05, 0) is 37.1 Å². The fraction of sp³-hybridized carbons (Fsp3) is 0.375. The Morgan fingerprint density at radius 3 is 2.92 bits per heavy atom. The zero-order valence-electron chi connectivity index (χ0n) is 13.7. The minimum Gasteiger partial charge on any atom is -0.478 e. The Balaban J connectivity index is 2.00. The molecule has 1 aliphatic rings. The number of nitrogens with zero attached hydrogens (tertiary/aromatic N) is 1. The van der Waals surface area contributed by atoms with Crippen molar-refractivity contribution in [3.05, 3.63) is 46.1 Å². The summed E-state index contributed by atoms with van der Waals surface area (Å²) < 4.78 is 28.3. The maximum absolute atomic E-state index is 12.9. The molecule has 0 radical (unpaired) electrons. The van der Waals surface area contributed by atoms with E-state index in [1.807, 2.05) is 6.92 Å². The smallest absolute Gasteiger partial charge is 0.338 e. The molecule has 7 nitrogen and oxygen atoms in total. The molecule has 3 heterocycles. The molecule has 2 aromatic rings. The SMILES string of the molecule is CC[C@H](NS(=O)(=O)c1sc2c(c1C(=O)O)CCNC2)c1ccccn1. The lowest BCUT2D eigenvalue weighted by atomic mass is 10.1. The van der Waals surface area contributed by atoms with E-state index in [1.165, 1.54) is 0 Å². The van der Waals surface area contributed by atoms with Gasteiger partial charge in [0.25, 0.3) is 10.0 Å². The summed E-state index contributed by atoms with van der Waals surface area (Å²) in [6.07, 6.45) is 2.62. The number of carboxylic acids is 1. The topological polar surface area (TPSA) is 108 Å². The van der Waals surface area contributed by atoms with Crippen molar-refractivity contribution < 1.29 is 18.3 Å². The third kappa shape index (κ3) is 3.59. The lowest BCUT2D eigenvalue weighted by molar-refractivity contribution is 0.0692. The molecule has 0 aromatic carbocycles. The zero-order chi connectivity index (χ0) is 18.0. The first-order valence-corrected chi connectivity index (χ1v) is 10.3. The van der Waals surface area contributed by atoms with E-state index >= 15 is 0 Å². The van der Waals surface area contributed by atoms with E-state index in [-0.39, 0.29) is 9.77 Å². The fourth-order valence-corrected chi connectivity index (χ4v) is 6.06. The van der Waals surface area contributed by atoms with Gasteiger partial charge in [0, 0.05) is 17.6 Å². The molecule has 1 atom stereocenters. The molecule has 0 saturated heterocycles. The molecule has 0 unspecified atom stereocenters. The summed E-state index contributed by atoms with van der Waals surface area (Å²) in [7, 11) is -3.97. The Bertz CT molecular complexity index is 878. The number of sulfonamides is 1. The summed E-state index contributed by atoms with van der Waals surface area (Å²) in [5.74, 6) is -1.20. The number of fused-ring (bicyclic) bond motifs is 1. The summed E-state index contributed by atoms with van der Waals surface area (Å²) in [5.41, 5.74) is 1.14. The van der Waals surface area contributed by atoms with Gasteiger partial charge in [0.2, 0.25) is 0 Å². The van der Waals surface area contributed by atoms with E-state index in [0.29, 0.717) is 37.2 Å². The van der Waals surface area contributed by atoms with Crippen molar-refractivity contribution in [1.29, 1.82) is 0 Å². The van der Waals surface area contributed by atoms with Gasteiger partial charge in [-0.15, -0.1) is 11.3 Å². The van der Waals surface area contributed by atoms with Crippen LogP contribution in [0.5, 0.6) is 0 Å². The molecule has 3 rings (SSSR count). The first-order valence-electron chi connectivity index (χ1n) is 7.95. The van der Waals surface area contributed by atoms with Gasteiger partial charge in [0.15, 0.2) is 0 Å². The van der Waals surface area contributed by atoms with Crippen molar-refractivity contribution in [2.45, 2.75) is 36.6 Å². The Hall–Kier alpha value is -1.81. The average molecular weight is 381 g/mol. The highest BCUT2D eigenvalue weighted by Gasteiger charge is 2.33. The molecule has 0 amide bonds. The van der Waals surface area contributed by atoms with Crippen LogP contribution in [-0.4, -0.2) is 31.0 Å². The molecule has 1 aliphatic heterocycles. The van der Waals surface area contributed by atoms with E-state index in [0.717, 1.165) is 16.2 Å².